The molecule has 42 heavy (non-hydrogen) atoms. The van der Waals surface area contributed by atoms with E-state index in [2.05, 4.69) is 36.6 Å². The average Bonchev–Trinajstić information content (AvgIpc) is 3.63. The first-order chi connectivity index (χ1) is 20.2. The monoisotopic (exact) mass is 589 g/mol. The normalized spacial score (nSPS) is 33.9. The number of likely N-dealkylation sites (tertiary alicyclic amines) is 1. The molecule has 7 nitrogen and oxygen atoms in total. The van der Waals surface area contributed by atoms with E-state index in [1.54, 1.807) is 29.2 Å². The number of rotatable bonds is 8. The van der Waals surface area contributed by atoms with Gasteiger partial charge in [-0.2, -0.15) is 0 Å². The molecule has 9 unspecified atom stereocenters. The molecule has 3 heterocycles. The van der Waals surface area contributed by atoms with E-state index in [0.29, 0.717) is 29.0 Å². The van der Waals surface area contributed by atoms with Crippen LogP contribution < -0.4 is 10.6 Å². The topological polar surface area (TPSA) is 87.7 Å². The van der Waals surface area contributed by atoms with Crippen LogP contribution in [0, 0.1) is 23.7 Å². The second kappa shape index (κ2) is 11.5. The smallest absolute Gasteiger partial charge is 0.246 e. The predicted molar refractivity (Wildman–Crippen MR) is 163 cm³/mol. The number of nitrogens with zero attached hydrogens (tertiary/aromatic N) is 1. The zero-order chi connectivity index (χ0) is 29.6. The van der Waals surface area contributed by atoms with E-state index in [4.69, 9.17) is 16.3 Å². The van der Waals surface area contributed by atoms with Crippen LogP contribution in [0.25, 0.3) is 0 Å². The third-order valence-corrected chi connectivity index (χ3v) is 10.4. The minimum Gasteiger partial charge on any atom is -0.359 e. The van der Waals surface area contributed by atoms with E-state index in [0.717, 1.165) is 25.7 Å². The van der Waals surface area contributed by atoms with Crippen molar-refractivity contribution in [1.29, 1.82) is 0 Å². The Labute approximate surface area is 253 Å². The molecule has 1 aliphatic carbocycles. The minimum absolute atomic E-state index is 0.0415. The molecule has 2 aromatic rings. The summed E-state index contributed by atoms with van der Waals surface area (Å²) in [6, 6.07) is 16.0. The number of aryl methyl sites for hydroxylation is 1. The number of amides is 3. The van der Waals surface area contributed by atoms with Crippen molar-refractivity contribution in [2.24, 2.45) is 23.7 Å². The van der Waals surface area contributed by atoms with Gasteiger partial charge in [0.15, 0.2) is 0 Å². The van der Waals surface area contributed by atoms with E-state index in [9.17, 15) is 14.4 Å². The maximum absolute atomic E-state index is 14.4. The fourth-order valence-electron chi connectivity index (χ4n) is 7.65. The lowest BCUT2D eigenvalue weighted by Crippen LogP contribution is -2.59. The van der Waals surface area contributed by atoms with Crippen LogP contribution in [-0.2, 0) is 25.5 Å². The first-order valence-electron chi connectivity index (χ1n) is 15.3. The van der Waals surface area contributed by atoms with Gasteiger partial charge in [0.2, 0.25) is 17.7 Å². The Morgan fingerprint density at radius 3 is 2.55 bits per heavy atom. The van der Waals surface area contributed by atoms with Crippen molar-refractivity contribution in [3.63, 3.8) is 0 Å². The number of nitrogens with one attached hydrogen (secondary N) is 2. The maximum atomic E-state index is 14.4. The van der Waals surface area contributed by atoms with E-state index >= 15 is 0 Å². The standard InChI is InChI=1S/C34H40ClN3O4/c1-20-8-7-11-26(22(20)3)37-32(40)30-34-19-18-27(42-34)28(31(39)36-25-16-14-24(35)15-17-25)29(34)33(41)38(30)21(2)12-13-23-9-5-4-6-10-23/h4-6,9-10,14-22,26-30H,7-8,11-13H2,1-3H3,(H,36,39)(H,37,40). The summed E-state index contributed by atoms with van der Waals surface area (Å²) in [5.74, 6) is -1.34. The first-order valence-corrected chi connectivity index (χ1v) is 15.7. The predicted octanol–water partition coefficient (Wildman–Crippen LogP) is 5.39. The molecular weight excluding hydrogens is 550 g/mol. The zero-order valence-electron chi connectivity index (χ0n) is 24.5. The highest BCUT2D eigenvalue weighted by Crippen LogP contribution is 2.56. The van der Waals surface area contributed by atoms with Gasteiger partial charge in [-0.1, -0.05) is 80.8 Å². The van der Waals surface area contributed by atoms with E-state index in [1.165, 1.54) is 5.56 Å². The van der Waals surface area contributed by atoms with E-state index < -0.39 is 29.6 Å². The number of halogens is 1. The Balaban J connectivity index is 1.30. The van der Waals surface area contributed by atoms with Crippen molar-refractivity contribution in [1.82, 2.24) is 10.2 Å². The molecule has 3 aliphatic heterocycles. The van der Waals surface area contributed by atoms with Crippen molar-refractivity contribution in [2.75, 3.05) is 5.32 Å². The third-order valence-electron chi connectivity index (χ3n) is 10.2. The Morgan fingerprint density at radius 1 is 1.07 bits per heavy atom. The molecule has 2 N–H and O–H groups in total. The summed E-state index contributed by atoms with van der Waals surface area (Å²) in [6.45, 7) is 6.44. The van der Waals surface area contributed by atoms with Gasteiger partial charge < -0.3 is 20.3 Å². The first kappa shape index (κ1) is 28.9. The van der Waals surface area contributed by atoms with Gasteiger partial charge in [-0.3, -0.25) is 14.4 Å². The fraction of sp³-hybridized carbons (Fsp3) is 0.500. The van der Waals surface area contributed by atoms with Crippen LogP contribution in [0.3, 0.4) is 0 Å². The average molecular weight is 590 g/mol. The Hall–Kier alpha value is -3.16. The number of fused-ring (bicyclic) bond motifs is 1. The number of benzene rings is 2. The molecule has 9 atom stereocenters. The molecule has 8 heteroatoms. The van der Waals surface area contributed by atoms with Crippen LogP contribution in [0.15, 0.2) is 66.7 Å². The number of anilines is 1. The van der Waals surface area contributed by atoms with Gasteiger partial charge >= 0.3 is 0 Å². The number of hydrogen-bond acceptors (Lipinski definition) is 4. The lowest BCUT2D eigenvalue weighted by atomic mass is 9.73. The number of carbonyl (C=O) groups excluding carboxylic acids is 3. The Morgan fingerprint density at radius 2 is 1.81 bits per heavy atom. The number of hydrogen-bond donors (Lipinski definition) is 2. The third kappa shape index (κ3) is 5.05. The van der Waals surface area contributed by atoms with Crippen molar-refractivity contribution in [3.05, 3.63) is 77.3 Å². The molecule has 1 spiro atoms. The van der Waals surface area contributed by atoms with E-state index in [-0.39, 0.29) is 29.8 Å². The van der Waals surface area contributed by atoms with Gasteiger partial charge in [-0.05, 0) is 67.9 Å². The molecule has 4 aliphatic rings. The summed E-state index contributed by atoms with van der Waals surface area (Å²) in [5.41, 5.74) is 0.592. The summed E-state index contributed by atoms with van der Waals surface area (Å²) < 4.78 is 6.54. The van der Waals surface area contributed by atoms with Crippen LogP contribution in [0.1, 0.15) is 52.0 Å². The quantitative estimate of drug-likeness (QED) is 0.404. The second-order valence-electron chi connectivity index (χ2n) is 12.7. The Kier molecular flexibility index (Phi) is 7.92. The summed E-state index contributed by atoms with van der Waals surface area (Å²) in [7, 11) is 0. The van der Waals surface area contributed by atoms with Crippen molar-refractivity contribution < 1.29 is 19.1 Å². The fourth-order valence-corrected chi connectivity index (χ4v) is 7.77. The van der Waals surface area contributed by atoms with Crippen molar-refractivity contribution >= 4 is 35.0 Å². The molecule has 1 saturated carbocycles. The molecule has 3 amide bonds. The minimum atomic E-state index is -1.18. The molecule has 6 rings (SSSR count). The van der Waals surface area contributed by atoms with Crippen molar-refractivity contribution in [2.45, 2.75) is 82.7 Å². The van der Waals surface area contributed by atoms with Gasteiger partial charge in [0.25, 0.3) is 0 Å². The molecule has 0 radical (unpaired) electrons. The molecule has 222 valence electrons. The molecule has 0 aromatic heterocycles. The summed E-state index contributed by atoms with van der Waals surface area (Å²) >= 11 is 6.03. The SMILES string of the molecule is CC1CCCC(NC(=O)C2N(C(C)CCc3ccccc3)C(=O)C3C(C(=O)Nc4ccc(Cl)cc4)C4C=CC32O4)C1C. The van der Waals surface area contributed by atoms with Crippen LogP contribution in [0.4, 0.5) is 5.69 Å². The number of carbonyl (C=O) groups is 3. The maximum Gasteiger partial charge on any atom is 0.246 e. The van der Waals surface area contributed by atoms with Crippen LogP contribution >= 0.6 is 11.6 Å². The summed E-state index contributed by atoms with van der Waals surface area (Å²) in [5, 5.41) is 6.86. The van der Waals surface area contributed by atoms with Gasteiger partial charge in [-0.15, -0.1) is 0 Å². The molecular formula is C34H40ClN3O4. The summed E-state index contributed by atoms with van der Waals surface area (Å²) in [6.07, 6.45) is 7.77. The highest BCUT2D eigenvalue weighted by atomic mass is 35.5. The van der Waals surface area contributed by atoms with Crippen LogP contribution in [-0.4, -0.2) is 52.5 Å². The second-order valence-corrected chi connectivity index (χ2v) is 13.1. The highest BCUT2D eigenvalue weighted by molar-refractivity contribution is 6.30. The molecule has 2 saturated heterocycles. The van der Waals surface area contributed by atoms with E-state index in [1.807, 2.05) is 37.3 Å². The highest BCUT2D eigenvalue weighted by Gasteiger charge is 2.73. The van der Waals surface area contributed by atoms with Gasteiger partial charge in [0.1, 0.15) is 11.6 Å². The largest absolute Gasteiger partial charge is 0.359 e. The van der Waals surface area contributed by atoms with Gasteiger partial charge in [-0.25, -0.2) is 0 Å². The lowest BCUT2D eigenvalue weighted by Gasteiger charge is -2.39. The zero-order valence-corrected chi connectivity index (χ0v) is 25.2. The Bertz CT molecular complexity index is 1360. The summed E-state index contributed by atoms with van der Waals surface area (Å²) in [4.78, 5) is 44.1. The molecule has 2 bridgehead atoms. The lowest BCUT2D eigenvalue weighted by molar-refractivity contribution is -0.144. The van der Waals surface area contributed by atoms with Crippen LogP contribution in [0.2, 0.25) is 5.02 Å². The van der Waals surface area contributed by atoms with Crippen LogP contribution in [0.5, 0.6) is 0 Å². The number of ether oxygens (including phenoxy) is 1. The van der Waals surface area contributed by atoms with Gasteiger partial charge in [0.05, 0.1) is 17.9 Å². The molecule has 2 aromatic carbocycles. The molecule has 3 fully saturated rings. The van der Waals surface area contributed by atoms with Gasteiger partial charge in [0, 0.05) is 22.8 Å². The van der Waals surface area contributed by atoms with Crippen molar-refractivity contribution in [3.8, 4) is 0 Å².